The minimum atomic E-state index is 0.751. The highest BCUT2D eigenvalue weighted by Crippen LogP contribution is 2.19. The van der Waals surface area contributed by atoms with Crippen molar-refractivity contribution in [1.29, 1.82) is 0 Å². The first-order valence-corrected chi connectivity index (χ1v) is 8.32. The van der Waals surface area contributed by atoms with Crippen LogP contribution in [0.2, 0.25) is 0 Å². The molecule has 6 nitrogen and oxygen atoms in total. The first-order valence-electron chi connectivity index (χ1n) is 8.32. The second-order valence-corrected chi connectivity index (χ2v) is 6.60. The van der Waals surface area contributed by atoms with Crippen molar-refractivity contribution < 1.29 is 0 Å². The Balaban J connectivity index is 1.42. The number of rotatable bonds is 5. The lowest BCUT2D eigenvalue weighted by molar-refractivity contribution is 0.00204. The Kier molecular flexibility index (Phi) is 4.90. The molecule has 2 fully saturated rings. The number of aromatic nitrogens is 2. The van der Waals surface area contributed by atoms with Crippen molar-refractivity contribution in [3.05, 3.63) is 18.0 Å². The Bertz CT molecular complexity index is 460. The van der Waals surface area contributed by atoms with E-state index in [9.17, 15) is 0 Å². The van der Waals surface area contributed by atoms with Crippen LogP contribution in [-0.2, 0) is 6.54 Å². The Morgan fingerprint density at radius 1 is 1.05 bits per heavy atom. The quantitative estimate of drug-likeness (QED) is 0.782. The summed E-state index contributed by atoms with van der Waals surface area (Å²) in [4.78, 5) is 18.4. The molecular weight excluding hydrogens is 276 g/mol. The van der Waals surface area contributed by atoms with Crippen LogP contribution in [0.1, 0.15) is 12.5 Å². The number of hydrogen-bond donors (Lipinski definition) is 0. The summed E-state index contributed by atoms with van der Waals surface area (Å²) < 4.78 is 0. The van der Waals surface area contributed by atoms with Crippen LogP contribution in [0.5, 0.6) is 0 Å². The van der Waals surface area contributed by atoms with E-state index in [1.54, 1.807) is 0 Å². The van der Waals surface area contributed by atoms with Gasteiger partial charge in [0.1, 0.15) is 0 Å². The highest BCUT2D eigenvalue weighted by atomic mass is 15.3. The minimum absolute atomic E-state index is 0.751. The largest absolute Gasteiger partial charge is 0.347 e. The molecule has 0 aromatic carbocycles. The summed E-state index contributed by atoms with van der Waals surface area (Å²) in [5, 5.41) is 0. The summed E-state index contributed by atoms with van der Waals surface area (Å²) >= 11 is 0. The van der Waals surface area contributed by atoms with Crippen molar-refractivity contribution in [2.24, 2.45) is 0 Å². The number of nitrogens with zero attached hydrogens (tertiary/aromatic N) is 6. The fourth-order valence-electron chi connectivity index (χ4n) is 3.27. The molecule has 0 aliphatic carbocycles. The van der Waals surface area contributed by atoms with E-state index in [2.05, 4.69) is 31.6 Å². The summed E-state index contributed by atoms with van der Waals surface area (Å²) in [5.74, 6) is 0.777. The molecule has 6 heteroatoms. The van der Waals surface area contributed by atoms with Crippen molar-refractivity contribution in [3.63, 3.8) is 0 Å². The van der Waals surface area contributed by atoms with Gasteiger partial charge < -0.3 is 9.80 Å². The highest BCUT2D eigenvalue weighted by molar-refractivity contribution is 5.26. The molecule has 0 radical (unpaired) electrons. The van der Waals surface area contributed by atoms with Crippen LogP contribution in [0.25, 0.3) is 0 Å². The van der Waals surface area contributed by atoms with Gasteiger partial charge in [-0.05, 0) is 6.54 Å². The maximum absolute atomic E-state index is 4.39. The number of likely N-dealkylation sites (N-methyl/N-ethyl adjacent to an activating group) is 1. The Morgan fingerprint density at radius 3 is 2.23 bits per heavy atom. The Morgan fingerprint density at radius 2 is 1.68 bits per heavy atom. The molecule has 22 heavy (non-hydrogen) atoms. The third kappa shape index (κ3) is 3.56. The average molecular weight is 304 g/mol. The number of likely N-dealkylation sites (tertiary alicyclic amines) is 1. The lowest BCUT2D eigenvalue weighted by atomic mass is 10.1. The van der Waals surface area contributed by atoms with Crippen molar-refractivity contribution in [3.8, 4) is 0 Å². The second-order valence-electron chi connectivity index (χ2n) is 6.60. The maximum atomic E-state index is 4.39. The lowest BCUT2D eigenvalue weighted by Crippen LogP contribution is -2.62. The zero-order valence-corrected chi connectivity index (χ0v) is 14.1. The first-order chi connectivity index (χ1) is 10.7. The third-order valence-corrected chi connectivity index (χ3v) is 4.81. The van der Waals surface area contributed by atoms with E-state index in [0.29, 0.717) is 0 Å². The van der Waals surface area contributed by atoms with Gasteiger partial charge in [0.2, 0.25) is 5.95 Å². The van der Waals surface area contributed by atoms with Gasteiger partial charge in [-0.25, -0.2) is 9.97 Å². The SMILES string of the molecule is CCN1CCN(C2CN(Cc3cnc(N(C)C)nc3)C2)CC1. The molecule has 1 aromatic heterocycles. The predicted octanol–water partition coefficient (Wildman–Crippen LogP) is 0.364. The molecule has 2 aliphatic rings. The summed E-state index contributed by atoms with van der Waals surface area (Å²) in [6.45, 7) is 11.7. The molecule has 0 N–H and O–H groups in total. The number of hydrogen-bond acceptors (Lipinski definition) is 6. The monoisotopic (exact) mass is 304 g/mol. The van der Waals surface area contributed by atoms with E-state index in [1.165, 1.54) is 51.4 Å². The zero-order valence-electron chi connectivity index (χ0n) is 14.1. The van der Waals surface area contributed by atoms with E-state index in [1.807, 2.05) is 31.4 Å². The standard InChI is InChI=1S/C16H28N6/c1-4-20-5-7-22(8-6-20)15-12-21(13-15)11-14-9-17-16(18-10-14)19(2)3/h9-10,15H,4-8,11-13H2,1-3H3. The summed E-state index contributed by atoms with van der Waals surface area (Å²) in [6, 6.07) is 0.751. The van der Waals surface area contributed by atoms with Crippen molar-refractivity contribution in [1.82, 2.24) is 24.7 Å². The van der Waals surface area contributed by atoms with E-state index in [4.69, 9.17) is 0 Å². The molecule has 0 atom stereocenters. The minimum Gasteiger partial charge on any atom is -0.347 e. The maximum Gasteiger partial charge on any atom is 0.224 e. The highest BCUT2D eigenvalue weighted by Gasteiger charge is 2.33. The van der Waals surface area contributed by atoms with Gasteiger partial charge in [-0.2, -0.15) is 0 Å². The van der Waals surface area contributed by atoms with Crippen LogP contribution >= 0.6 is 0 Å². The molecule has 0 unspecified atom stereocenters. The van der Waals surface area contributed by atoms with E-state index < -0.39 is 0 Å². The van der Waals surface area contributed by atoms with Gasteiger partial charge in [-0.15, -0.1) is 0 Å². The van der Waals surface area contributed by atoms with Gasteiger partial charge in [-0.1, -0.05) is 6.92 Å². The molecule has 0 amide bonds. The number of anilines is 1. The van der Waals surface area contributed by atoms with Gasteiger partial charge >= 0.3 is 0 Å². The smallest absolute Gasteiger partial charge is 0.224 e. The molecule has 0 spiro atoms. The molecule has 1 aromatic rings. The normalized spacial score (nSPS) is 21.8. The molecule has 0 bridgehead atoms. The molecule has 3 heterocycles. The van der Waals surface area contributed by atoms with Crippen molar-refractivity contribution in [2.45, 2.75) is 19.5 Å². The molecular formula is C16H28N6. The van der Waals surface area contributed by atoms with E-state index >= 15 is 0 Å². The van der Waals surface area contributed by atoms with Crippen LogP contribution < -0.4 is 4.90 Å². The first kappa shape index (κ1) is 15.6. The van der Waals surface area contributed by atoms with Crippen molar-refractivity contribution >= 4 is 5.95 Å². The molecule has 0 saturated carbocycles. The molecule has 3 rings (SSSR count). The summed E-state index contributed by atoms with van der Waals surface area (Å²) in [5.41, 5.74) is 1.21. The summed E-state index contributed by atoms with van der Waals surface area (Å²) in [6.07, 6.45) is 3.91. The average Bonchev–Trinajstić information content (AvgIpc) is 2.51. The topological polar surface area (TPSA) is 38.7 Å². The van der Waals surface area contributed by atoms with Crippen LogP contribution in [0, 0.1) is 0 Å². The van der Waals surface area contributed by atoms with E-state index in [-0.39, 0.29) is 0 Å². The molecule has 2 aliphatic heterocycles. The van der Waals surface area contributed by atoms with Crippen molar-refractivity contribution in [2.75, 3.05) is 64.8 Å². The molecule has 122 valence electrons. The fraction of sp³-hybridized carbons (Fsp3) is 0.750. The zero-order chi connectivity index (χ0) is 15.5. The number of piperazine rings is 1. The van der Waals surface area contributed by atoms with Gasteiger partial charge in [0, 0.05) is 83.9 Å². The lowest BCUT2D eigenvalue weighted by Gasteiger charge is -2.48. The molecule has 2 saturated heterocycles. The van der Waals surface area contributed by atoms with Gasteiger partial charge in [0.25, 0.3) is 0 Å². The van der Waals surface area contributed by atoms with Gasteiger partial charge in [0.05, 0.1) is 0 Å². The third-order valence-electron chi connectivity index (χ3n) is 4.81. The van der Waals surface area contributed by atoms with Crippen LogP contribution in [-0.4, -0.2) is 90.6 Å². The fourth-order valence-corrected chi connectivity index (χ4v) is 3.27. The van der Waals surface area contributed by atoms with Gasteiger partial charge in [0.15, 0.2) is 0 Å². The van der Waals surface area contributed by atoms with Crippen LogP contribution in [0.4, 0.5) is 5.95 Å². The Labute approximate surface area is 133 Å². The van der Waals surface area contributed by atoms with Crippen LogP contribution in [0.3, 0.4) is 0 Å². The van der Waals surface area contributed by atoms with Crippen LogP contribution in [0.15, 0.2) is 12.4 Å². The van der Waals surface area contributed by atoms with E-state index in [0.717, 1.165) is 18.5 Å². The predicted molar refractivity (Wildman–Crippen MR) is 89.1 cm³/mol. The summed E-state index contributed by atoms with van der Waals surface area (Å²) in [7, 11) is 3.93. The second kappa shape index (κ2) is 6.89. The Hall–Kier alpha value is -1.24. The van der Waals surface area contributed by atoms with Gasteiger partial charge in [-0.3, -0.25) is 9.80 Å².